The molecule has 0 saturated carbocycles. The zero-order valence-electron chi connectivity index (χ0n) is 12.8. The van der Waals surface area contributed by atoms with Crippen molar-refractivity contribution in [3.05, 3.63) is 34.3 Å². The molecule has 2 amide bonds. The van der Waals surface area contributed by atoms with Crippen molar-refractivity contribution >= 4 is 27.7 Å². The maximum atomic E-state index is 12.4. The number of nitrogens with two attached hydrogens (primary N) is 1. The molecule has 0 aromatic heterocycles. The molecule has 1 saturated heterocycles. The predicted octanol–water partition coefficient (Wildman–Crippen LogP) is 1.60. The van der Waals surface area contributed by atoms with Crippen molar-refractivity contribution in [2.24, 2.45) is 11.7 Å². The highest BCUT2D eigenvalue weighted by Crippen LogP contribution is 2.18. The van der Waals surface area contributed by atoms with Gasteiger partial charge in [0.2, 0.25) is 11.8 Å². The fourth-order valence-corrected chi connectivity index (χ4v) is 3.15. The van der Waals surface area contributed by atoms with Crippen LogP contribution >= 0.6 is 15.9 Å². The van der Waals surface area contributed by atoms with Crippen LogP contribution in [0.15, 0.2) is 28.7 Å². The first-order valence-corrected chi connectivity index (χ1v) is 8.25. The molecule has 2 N–H and O–H groups in total. The zero-order valence-corrected chi connectivity index (χ0v) is 14.4. The first kappa shape index (κ1) is 17.0. The minimum Gasteiger partial charge on any atom is -0.369 e. The van der Waals surface area contributed by atoms with Gasteiger partial charge in [-0.25, -0.2) is 0 Å². The first-order chi connectivity index (χ1) is 10.5. The summed E-state index contributed by atoms with van der Waals surface area (Å²) in [6.45, 7) is 2.20. The second-order valence-corrected chi connectivity index (χ2v) is 6.70. The van der Waals surface area contributed by atoms with E-state index in [9.17, 15) is 9.59 Å². The van der Waals surface area contributed by atoms with E-state index in [2.05, 4.69) is 15.9 Å². The van der Waals surface area contributed by atoms with Crippen molar-refractivity contribution in [3.63, 3.8) is 0 Å². The van der Waals surface area contributed by atoms with E-state index in [1.807, 2.05) is 36.2 Å². The molecule has 1 atom stereocenters. The van der Waals surface area contributed by atoms with Crippen LogP contribution in [0.25, 0.3) is 0 Å². The van der Waals surface area contributed by atoms with Gasteiger partial charge in [0.1, 0.15) is 0 Å². The molecule has 0 bridgehead atoms. The number of likely N-dealkylation sites (N-methyl/N-ethyl adjacent to an activating group) is 1. The van der Waals surface area contributed by atoms with E-state index in [1.54, 1.807) is 4.90 Å². The topological polar surface area (TPSA) is 66.6 Å². The van der Waals surface area contributed by atoms with E-state index in [4.69, 9.17) is 5.73 Å². The second-order valence-electron chi connectivity index (χ2n) is 5.84. The molecule has 0 aliphatic carbocycles. The molecule has 120 valence electrons. The Balaban J connectivity index is 1.88. The number of primary amides is 1. The molecule has 1 fully saturated rings. The SMILES string of the molecule is CN(CC(=O)N1CCCC(C(N)=O)C1)Cc1ccccc1Br. The average Bonchev–Trinajstić information content (AvgIpc) is 2.49. The number of benzene rings is 1. The molecular weight excluding hydrogens is 346 g/mol. The van der Waals surface area contributed by atoms with Gasteiger partial charge < -0.3 is 10.6 Å². The molecule has 6 heteroatoms. The highest BCUT2D eigenvalue weighted by atomic mass is 79.9. The quantitative estimate of drug-likeness (QED) is 0.859. The van der Waals surface area contributed by atoms with Crippen molar-refractivity contribution in [2.45, 2.75) is 19.4 Å². The van der Waals surface area contributed by atoms with Crippen molar-refractivity contribution in [3.8, 4) is 0 Å². The second kappa shape index (κ2) is 7.74. The van der Waals surface area contributed by atoms with E-state index in [1.165, 1.54) is 0 Å². The van der Waals surface area contributed by atoms with Gasteiger partial charge in [-0.1, -0.05) is 34.1 Å². The van der Waals surface area contributed by atoms with Crippen LogP contribution in [0.5, 0.6) is 0 Å². The van der Waals surface area contributed by atoms with Crippen LogP contribution in [0.2, 0.25) is 0 Å². The van der Waals surface area contributed by atoms with E-state index in [-0.39, 0.29) is 17.7 Å². The number of amides is 2. The lowest BCUT2D eigenvalue weighted by Gasteiger charge is -2.32. The molecular formula is C16H22BrN3O2. The summed E-state index contributed by atoms with van der Waals surface area (Å²) >= 11 is 3.52. The summed E-state index contributed by atoms with van der Waals surface area (Å²) in [4.78, 5) is 27.4. The monoisotopic (exact) mass is 367 g/mol. The molecule has 2 rings (SSSR count). The number of carbonyl (C=O) groups excluding carboxylic acids is 2. The number of carbonyl (C=O) groups is 2. The third-order valence-corrected chi connectivity index (χ3v) is 4.75. The van der Waals surface area contributed by atoms with Gasteiger partial charge in [-0.05, 0) is 31.5 Å². The number of rotatable bonds is 5. The van der Waals surface area contributed by atoms with E-state index < -0.39 is 0 Å². The highest BCUT2D eigenvalue weighted by Gasteiger charge is 2.27. The normalized spacial score (nSPS) is 18.5. The lowest BCUT2D eigenvalue weighted by molar-refractivity contribution is -0.135. The summed E-state index contributed by atoms with van der Waals surface area (Å²) in [5.74, 6) is -0.453. The molecule has 22 heavy (non-hydrogen) atoms. The number of piperidine rings is 1. The molecule has 1 aromatic rings. The number of hydrogen-bond donors (Lipinski definition) is 1. The summed E-state index contributed by atoms with van der Waals surface area (Å²) in [6, 6.07) is 7.98. The molecule has 1 heterocycles. The van der Waals surface area contributed by atoms with Crippen LogP contribution in [0, 0.1) is 5.92 Å². The fourth-order valence-electron chi connectivity index (χ4n) is 2.74. The minimum absolute atomic E-state index is 0.0560. The third kappa shape index (κ3) is 4.55. The summed E-state index contributed by atoms with van der Waals surface area (Å²) in [7, 11) is 1.92. The van der Waals surface area contributed by atoms with Crippen molar-refractivity contribution in [1.82, 2.24) is 9.80 Å². The standard InChI is InChI=1S/C16H22BrN3O2/c1-19(9-12-5-2-3-7-14(12)17)11-15(21)20-8-4-6-13(10-20)16(18)22/h2-3,5,7,13H,4,6,8-11H2,1H3,(H2,18,22). The molecule has 0 spiro atoms. The zero-order chi connectivity index (χ0) is 16.1. The van der Waals surface area contributed by atoms with E-state index in [0.717, 1.165) is 22.9 Å². The number of likely N-dealkylation sites (tertiary alicyclic amines) is 1. The Labute approximate surface area is 139 Å². The molecule has 5 nitrogen and oxygen atoms in total. The molecule has 1 aliphatic heterocycles. The summed E-state index contributed by atoms with van der Waals surface area (Å²) in [6.07, 6.45) is 1.62. The number of nitrogens with zero attached hydrogens (tertiary/aromatic N) is 2. The van der Waals surface area contributed by atoms with E-state index in [0.29, 0.717) is 26.2 Å². The smallest absolute Gasteiger partial charge is 0.236 e. The van der Waals surface area contributed by atoms with Gasteiger partial charge in [-0.2, -0.15) is 0 Å². The molecule has 1 unspecified atom stereocenters. The summed E-state index contributed by atoms with van der Waals surface area (Å²) < 4.78 is 1.04. The van der Waals surface area contributed by atoms with Crippen LogP contribution in [-0.2, 0) is 16.1 Å². The third-order valence-electron chi connectivity index (χ3n) is 3.98. The van der Waals surface area contributed by atoms with Crippen LogP contribution in [0.1, 0.15) is 18.4 Å². The van der Waals surface area contributed by atoms with Crippen LogP contribution in [0.4, 0.5) is 0 Å². The van der Waals surface area contributed by atoms with Gasteiger partial charge in [0, 0.05) is 24.1 Å². The van der Waals surface area contributed by atoms with Crippen LogP contribution in [-0.4, -0.2) is 48.3 Å². The van der Waals surface area contributed by atoms with E-state index >= 15 is 0 Å². The maximum Gasteiger partial charge on any atom is 0.236 e. The van der Waals surface area contributed by atoms with Gasteiger partial charge >= 0.3 is 0 Å². The van der Waals surface area contributed by atoms with Crippen molar-refractivity contribution in [2.75, 3.05) is 26.7 Å². The fraction of sp³-hybridized carbons (Fsp3) is 0.500. The Kier molecular flexibility index (Phi) is 5.97. The summed E-state index contributed by atoms with van der Waals surface area (Å²) in [5.41, 5.74) is 6.50. The van der Waals surface area contributed by atoms with Gasteiger partial charge in [-0.15, -0.1) is 0 Å². The Bertz CT molecular complexity index is 550. The Hall–Kier alpha value is -1.40. The van der Waals surface area contributed by atoms with Gasteiger partial charge in [0.15, 0.2) is 0 Å². The van der Waals surface area contributed by atoms with Crippen LogP contribution < -0.4 is 5.73 Å². The maximum absolute atomic E-state index is 12.4. The Morgan fingerprint density at radius 1 is 1.41 bits per heavy atom. The minimum atomic E-state index is -0.306. The Morgan fingerprint density at radius 3 is 2.82 bits per heavy atom. The summed E-state index contributed by atoms with van der Waals surface area (Å²) in [5, 5.41) is 0. The van der Waals surface area contributed by atoms with Gasteiger partial charge in [0.05, 0.1) is 12.5 Å². The van der Waals surface area contributed by atoms with Gasteiger partial charge in [-0.3, -0.25) is 14.5 Å². The average molecular weight is 368 g/mol. The lowest BCUT2D eigenvalue weighted by Crippen LogP contribution is -2.47. The molecule has 1 aromatic carbocycles. The van der Waals surface area contributed by atoms with Crippen molar-refractivity contribution < 1.29 is 9.59 Å². The molecule has 0 radical (unpaired) electrons. The molecule has 1 aliphatic rings. The highest BCUT2D eigenvalue weighted by molar-refractivity contribution is 9.10. The number of hydrogen-bond acceptors (Lipinski definition) is 3. The largest absolute Gasteiger partial charge is 0.369 e. The lowest BCUT2D eigenvalue weighted by atomic mass is 9.97. The predicted molar refractivity (Wildman–Crippen MR) is 89.0 cm³/mol. The van der Waals surface area contributed by atoms with Crippen molar-refractivity contribution in [1.29, 1.82) is 0 Å². The Morgan fingerprint density at radius 2 is 2.14 bits per heavy atom. The van der Waals surface area contributed by atoms with Crippen LogP contribution in [0.3, 0.4) is 0 Å². The van der Waals surface area contributed by atoms with Gasteiger partial charge in [0.25, 0.3) is 0 Å². The number of halogens is 1. The first-order valence-electron chi connectivity index (χ1n) is 7.46.